The van der Waals surface area contributed by atoms with Gasteiger partial charge in [0.2, 0.25) is 0 Å². The zero-order valence-electron chi connectivity index (χ0n) is 17.0. The van der Waals surface area contributed by atoms with Gasteiger partial charge in [-0.25, -0.2) is 0 Å². The number of ketones is 2. The lowest BCUT2D eigenvalue weighted by atomic mass is 9.78. The number of phenols is 1. The van der Waals surface area contributed by atoms with E-state index < -0.39 is 20.6 Å². The van der Waals surface area contributed by atoms with Crippen molar-refractivity contribution in [3.05, 3.63) is 28.8 Å². The van der Waals surface area contributed by atoms with Gasteiger partial charge >= 0.3 is 8.25 Å². The fourth-order valence-electron chi connectivity index (χ4n) is 2.75. The molecule has 0 amide bonds. The van der Waals surface area contributed by atoms with Crippen LogP contribution >= 0.6 is 8.25 Å². The van der Waals surface area contributed by atoms with Gasteiger partial charge in [-0.2, -0.15) is 0 Å². The number of benzene rings is 1. The van der Waals surface area contributed by atoms with Gasteiger partial charge in [0.1, 0.15) is 11.5 Å². The van der Waals surface area contributed by atoms with Crippen molar-refractivity contribution >= 4 is 19.8 Å². The first kappa shape index (κ1) is 23.4. The minimum absolute atomic E-state index is 0.176. The Morgan fingerprint density at radius 3 is 1.89 bits per heavy atom. The second kappa shape index (κ2) is 9.05. The molecule has 27 heavy (non-hydrogen) atoms. The molecule has 0 bridgehead atoms. The van der Waals surface area contributed by atoms with Crippen molar-refractivity contribution in [3.8, 4) is 5.75 Å². The Morgan fingerprint density at radius 2 is 1.48 bits per heavy atom. The summed E-state index contributed by atoms with van der Waals surface area (Å²) in [5, 5.41) is 10.7. The molecule has 0 aliphatic carbocycles. The van der Waals surface area contributed by atoms with Gasteiger partial charge in [0.15, 0.2) is 12.4 Å². The van der Waals surface area contributed by atoms with Crippen molar-refractivity contribution in [1.82, 2.24) is 0 Å². The molecule has 2 N–H and O–H groups in total. The number of phenolic OH excluding ortho intramolecular Hbond substituents is 1. The Bertz CT molecular complexity index is 690. The summed E-state index contributed by atoms with van der Waals surface area (Å²) in [4.78, 5) is 32.1. The highest BCUT2D eigenvalue weighted by Crippen LogP contribution is 2.40. The fraction of sp³-hybridized carbons (Fsp3) is 0.600. The second-order valence-electron chi connectivity index (χ2n) is 8.80. The summed E-state index contributed by atoms with van der Waals surface area (Å²) in [6, 6.07) is 3.83. The average Bonchev–Trinajstić information content (AvgIpc) is 2.49. The van der Waals surface area contributed by atoms with E-state index in [1.54, 1.807) is 0 Å². The number of Topliss-reactive ketones (excluding diaryl/α,β-unsaturated/α-hetero) is 2. The first-order valence-corrected chi connectivity index (χ1v) is 10.0. The SMILES string of the molecule is CC(C)(C)c1cc(CCC(=O)CC(=O)CO[P+](=O)O)cc(C(C)(C)C)c1O. The highest BCUT2D eigenvalue weighted by atomic mass is 31.1. The minimum atomic E-state index is -2.84. The van der Waals surface area contributed by atoms with E-state index in [4.69, 9.17) is 4.89 Å². The van der Waals surface area contributed by atoms with Crippen LogP contribution in [0.15, 0.2) is 12.1 Å². The molecule has 0 saturated carbocycles. The lowest BCUT2D eigenvalue weighted by Crippen LogP contribution is -2.18. The van der Waals surface area contributed by atoms with E-state index in [1.807, 2.05) is 53.7 Å². The van der Waals surface area contributed by atoms with E-state index in [9.17, 15) is 19.3 Å². The summed E-state index contributed by atoms with van der Waals surface area (Å²) < 4.78 is 14.7. The van der Waals surface area contributed by atoms with Crippen LogP contribution < -0.4 is 0 Å². The summed E-state index contributed by atoms with van der Waals surface area (Å²) in [5.41, 5.74) is 2.08. The van der Waals surface area contributed by atoms with Crippen molar-refractivity contribution in [1.29, 1.82) is 0 Å². The predicted molar refractivity (Wildman–Crippen MR) is 104 cm³/mol. The predicted octanol–water partition coefficient (Wildman–Crippen LogP) is 4.11. The van der Waals surface area contributed by atoms with Crippen LogP contribution in [0, 0.1) is 0 Å². The van der Waals surface area contributed by atoms with Crippen LogP contribution in [0.25, 0.3) is 0 Å². The van der Waals surface area contributed by atoms with E-state index in [0.717, 1.165) is 16.7 Å². The van der Waals surface area contributed by atoms with Crippen molar-refractivity contribution in [2.75, 3.05) is 6.61 Å². The first-order valence-electron chi connectivity index (χ1n) is 8.91. The van der Waals surface area contributed by atoms with Crippen LogP contribution in [0.3, 0.4) is 0 Å². The largest absolute Gasteiger partial charge is 0.695 e. The number of carbonyl (C=O) groups excluding carboxylic acids is 2. The molecule has 1 aromatic rings. The molecule has 0 aromatic heterocycles. The van der Waals surface area contributed by atoms with Crippen LogP contribution in [0.5, 0.6) is 5.75 Å². The highest BCUT2D eigenvalue weighted by molar-refractivity contribution is 7.32. The normalized spacial score (nSPS) is 12.8. The number of hydrogen-bond donors (Lipinski definition) is 2. The van der Waals surface area contributed by atoms with Gasteiger partial charge in [0.25, 0.3) is 0 Å². The topological polar surface area (TPSA) is 101 Å². The molecule has 6 nitrogen and oxygen atoms in total. The Labute approximate surface area is 161 Å². The molecular weight excluding hydrogens is 367 g/mol. The quantitative estimate of drug-likeness (QED) is 0.506. The van der Waals surface area contributed by atoms with Crippen molar-refractivity contribution < 1.29 is 28.7 Å². The third kappa shape index (κ3) is 7.49. The second-order valence-corrected chi connectivity index (χ2v) is 9.54. The fourth-order valence-corrected chi connectivity index (χ4v) is 3.01. The van der Waals surface area contributed by atoms with Crippen molar-refractivity contribution in [3.63, 3.8) is 0 Å². The number of aryl methyl sites for hydroxylation is 1. The Balaban J connectivity index is 2.93. The van der Waals surface area contributed by atoms with E-state index in [1.165, 1.54) is 0 Å². The van der Waals surface area contributed by atoms with E-state index >= 15 is 0 Å². The monoisotopic (exact) mass is 397 g/mol. The molecule has 1 atom stereocenters. The molecule has 0 aliphatic heterocycles. The molecule has 1 unspecified atom stereocenters. The average molecular weight is 397 g/mol. The molecule has 7 heteroatoms. The zero-order valence-corrected chi connectivity index (χ0v) is 17.9. The molecule has 0 heterocycles. The summed E-state index contributed by atoms with van der Waals surface area (Å²) in [6.45, 7) is 11.6. The first-order chi connectivity index (χ1) is 12.2. The summed E-state index contributed by atoms with van der Waals surface area (Å²) in [6.07, 6.45) is 0.308. The molecule has 0 saturated heterocycles. The smallest absolute Gasteiger partial charge is 0.507 e. The summed E-state index contributed by atoms with van der Waals surface area (Å²) >= 11 is 0. The van der Waals surface area contributed by atoms with Crippen molar-refractivity contribution in [2.45, 2.75) is 71.6 Å². The Morgan fingerprint density at radius 1 is 1.00 bits per heavy atom. The zero-order chi connectivity index (χ0) is 21.0. The molecule has 1 aromatic carbocycles. The third-order valence-corrected chi connectivity index (χ3v) is 4.56. The van der Waals surface area contributed by atoms with E-state index in [2.05, 4.69) is 4.52 Å². The van der Waals surface area contributed by atoms with E-state index in [0.29, 0.717) is 6.42 Å². The van der Waals surface area contributed by atoms with Crippen LogP contribution in [0.1, 0.15) is 71.1 Å². The van der Waals surface area contributed by atoms with Gasteiger partial charge < -0.3 is 5.11 Å². The molecule has 0 aliphatic rings. The van der Waals surface area contributed by atoms with Gasteiger partial charge in [-0.05, 0) is 33.9 Å². The van der Waals surface area contributed by atoms with Crippen LogP contribution in [0.4, 0.5) is 0 Å². The molecular formula is C20H30O6P+. The van der Waals surface area contributed by atoms with Gasteiger partial charge in [0, 0.05) is 11.0 Å². The number of rotatable bonds is 8. The van der Waals surface area contributed by atoms with E-state index in [-0.39, 0.29) is 35.2 Å². The van der Waals surface area contributed by atoms with Crippen LogP contribution in [-0.2, 0) is 35.9 Å². The number of aromatic hydroxyl groups is 1. The Hall–Kier alpha value is -1.62. The molecule has 0 radical (unpaired) electrons. The minimum Gasteiger partial charge on any atom is -0.507 e. The lowest BCUT2D eigenvalue weighted by molar-refractivity contribution is -0.128. The lowest BCUT2D eigenvalue weighted by Gasteiger charge is -2.28. The number of carbonyl (C=O) groups is 2. The summed E-state index contributed by atoms with van der Waals surface area (Å²) in [5.74, 6) is -0.483. The van der Waals surface area contributed by atoms with Crippen molar-refractivity contribution in [2.24, 2.45) is 0 Å². The number of hydrogen-bond acceptors (Lipinski definition) is 5. The highest BCUT2D eigenvalue weighted by Gasteiger charge is 2.26. The van der Waals surface area contributed by atoms with Gasteiger partial charge in [-0.15, -0.1) is 9.42 Å². The maximum atomic E-state index is 12.0. The maximum Gasteiger partial charge on any atom is 0.695 e. The standard InChI is InChI=1S/C20H29O6P/c1-19(2,3)16-9-13(10-17(18(16)23)20(4,5)6)7-8-14(21)11-15(22)12-26-27(24)25/h9-10H,7-8,11-12H2,1-6H3,(H-,23,24,25)/p+1. The molecule has 0 fully saturated rings. The van der Waals surface area contributed by atoms with Gasteiger partial charge in [-0.1, -0.05) is 53.7 Å². The maximum absolute atomic E-state index is 12.0. The third-order valence-electron chi connectivity index (χ3n) is 4.21. The Kier molecular flexibility index (Phi) is 7.85. The molecule has 0 spiro atoms. The molecule has 1 rings (SSSR count). The van der Waals surface area contributed by atoms with Crippen LogP contribution in [-0.4, -0.2) is 28.2 Å². The summed E-state index contributed by atoms with van der Waals surface area (Å²) in [7, 11) is -2.84. The van der Waals surface area contributed by atoms with Gasteiger partial charge in [0.05, 0.1) is 6.42 Å². The van der Waals surface area contributed by atoms with Gasteiger partial charge in [-0.3, -0.25) is 9.59 Å². The van der Waals surface area contributed by atoms with Crippen LogP contribution in [0.2, 0.25) is 0 Å². The molecule has 150 valence electrons.